The van der Waals surface area contributed by atoms with Gasteiger partial charge in [0.25, 0.3) is 0 Å². The molecule has 0 bridgehead atoms. The monoisotopic (exact) mass is 287 g/mol. The molecule has 1 aliphatic rings. The number of alkyl halides is 1. The summed E-state index contributed by atoms with van der Waals surface area (Å²) in [6.45, 7) is 2.04. The second-order valence-electron chi connectivity index (χ2n) is 5.71. The molecular formula is C17H18ClNO. The zero-order valence-corrected chi connectivity index (χ0v) is 12.4. The van der Waals surface area contributed by atoms with Crippen LogP contribution in [0.3, 0.4) is 0 Å². The number of hydrogen-bond acceptors (Lipinski definition) is 2. The lowest BCUT2D eigenvalue weighted by molar-refractivity contribution is 0.327. The Labute approximate surface area is 124 Å². The third-order valence-corrected chi connectivity index (χ3v) is 4.97. The first-order valence-corrected chi connectivity index (χ1v) is 7.71. The van der Waals surface area contributed by atoms with Gasteiger partial charge in [0, 0.05) is 5.39 Å². The van der Waals surface area contributed by atoms with Gasteiger partial charge in [0.2, 0.25) is 0 Å². The Hall–Kier alpha value is -1.46. The fourth-order valence-electron chi connectivity index (χ4n) is 3.21. The summed E-state index contributed by atoms with van der Waals surface area (Å²) in [7, 11) is 0. The molecule has 0 amide bonds. The quantitative estimate of drug-likeness (QED) is 0.686. The van der Waals surface area contributed by atoms with Crippen LogP contribution < -0.4 is 0 Å². The maximum absolute atomic E-state index is 9.00. The number of nitrogens with zero attached hydrogens (tertiary/aromatic N) is 1. The molecule has 1 fully saturated rings. The molecule has 104 valence electrons. The minimum atomic E-state index is -0.0479. The number of aryl methyl sites for hydroxylation is 1. The van der Waals surface area contributed by atoms with Gasteiger partial charge in [0.05, 0.1) is 17.0 Å². The maximum atomic E-state index is 9.00. The number of nitriles is 1. The zero-order chi connectivity index (χ0) is 14.1. The first-order chi connectivity index (χ1) is 9.70. The second kappa shape index (κ2) is 5.50. The third kappa shape index (κ3) is 2.31. The standard InChI is InChI=1S/C17H18ClNO/c1-11-14-9-12(10-19)7-8-15(14)20-17(11)16(18)13-5-3-2-4-6-13/h7-9,13,16H,2-6H2,1H3. The van der Waals surface area contributed by atoms with Crippen LogP contribution in [0.1, 0.15) is 54.4 Å². The Balaban J connectivity index is 1.99. The molecular weight excluding hydrogens is 270 g/mol. The third-order valence-electron chi connectivity index (χ3n) is 4.42. The van der Waals surface area contributed by atoms with Gasteiger partial charge in [0.15, 0.2) is 0 Å². The van der Waals surface area contributed by atoms with Crippen LogP contribution in [0.2, 0.25) is 0 Å². The van der Waals surface area contributed by atoms with Gasteiger partial charge in [-0.05, 0) is 49.4 Å². The van der Waals surface area contributed by atoms with E-state index in [9.17, 15) is 0 Å². The zero-order valence-electron chi connectivity index (χ0n) is 11.7. The minimum absolute atomic E-state index is 0.0479. The van der Waals surface area contributed by atoms with Crippen molar-refractivity contribution in [2.45, 2.75) is 44.4 Å². The van der Waals surface area contributed by atoms with Crippen molar-refractivity contribution in [3.8, 4) is 6.07 Å². The largest absolute Gasteiger partial charge is 0.459 e. The lowest BCUT2D eigenvalue weighted by atomic mass is 9.85. The van der Waals surface area contributed by atoms with Crippen molar-refractivity contribution in [2.24, 2.45) is 5.92 Å². The van der Waals surface area contributed by atoms with Gasteiger partial charge in [-0.2, -0.15) is 5.26 Å². The van der Waals surface area contributed by atoms with E-state index in [0.717, 1.165) is 22.3 Å². The molecule has 0 spiro atoms. The van der Waals surface area contributed by atoms with E-state index in [4.69, 9.17) is 21.3 Å². The molecule has 2 nitrogen and oxygen atoms in total. The van der Waals surface area contributed by atoms with Crippen molar-refractivity contribution in [3.63, 3.8) is 0 Å². The Morgan fingerprint density at radius 2 is 2.05 bits per heavy atom. The van der Waals surface area contributed by atoms with Crippen molar-refractivity contribution in [3.05, 3.63) is 35.1 Å². The summed E-state index contributed by atoms with van der Waals surface area (Å²) >= 11 is 6.68. The van der Waals surface area contributed by atoms with Crippen LogP contribution >= 0.6 is 11.6 Å². The number of rotatable bonds is 2. The Bertz CT molecular complexity index is 661. The highest BCUT2D eigenvalue weighted by molar-refractivity contribution is 6.21. The van der Waals surface area contributed by atoms with Crippen LogP contribution in [0.4, 0.5) is 0 Å². The molecule has 0 aliphatic heterocycles. The van der Waals surface area contributed by atoms with Gasteiger partial charge in [-0.1, -0.05) is 19.3 Å². The molecule has 1 aliphatic carbocycles. The average molecular weight is 288 g/mol. The van der Waals surface area contributed by atoms with Crippen LogP contribution in [0.15, 0.2) is 22.6 Å². The van der Waals surface area contributed by atoms with Crippen molar-refractivity contribution < 1.29 is 4.42 Å². The molecule has 1 aromatic heterocycles. The van der Waals surface area contributed by atoms with Crippen LogP contribution in [-0.2, 0) is 0 Å². The van der Waals surface area contributed by atoms with E-state index in [1.165, 1.54) is 32.1 Å². The maximum Gasteiger partial charge on any atom is 0.134 e. The van der Waals surface area contributed by atoms with Crippen molar-refractivity contribution in [2.75, 3.05) is 0 Å². The van der Waals surface area contributed by atoms with Crippen molar-refractivity contribution in [1.82, 2.24) is 0 Å². The Morgan fingerprint density at radius 3 is 2.75 bits per heavy atom. The highest BCUT2D eigenvalue weighted by Crippen LogP contribution is 2.42. The molecule has 0 N–H and O–H groups in total. The van der Waals surface area contributed by atoms with Crippen molar-refractivity contribution >= 4 is 22.6 Å². The summed E-state index contributed by atoms with van der Waals surface area (Å²) in [4.78, 5) is 0. The molecule has 20 heavy (non-hydrogen) atoms. The van der Waals surface area contributed by atoms with E-state index >= 15 is 0 Å². The van der Waals surface area contributed by atoms with Crippen LogP contribution in [0, 0.1) is 24.2 Å². The molecule has 0 saturated heterocycles. The Morgan fingerprint density at radius 1 is 1.30 bits per heavy atom. The Kier molecular flexibility index (Phi) is 3.72. The SMILES string of the molecule is Cc1c(C(Cl)C2CCCCC2)oc2ccc(C#N)cc12. The van der Waals surface area contributed by atoms with Gasteiger partial charge < -0.3 is 4.42 Å². The molecule has 0 radical (unpaired) electrons. The summed E-state index contributed by atoms with van der Waals surface area (Å²) in [5, 5.41) is 9.97. The molecule has 3 rings (SSSR count). The molecule has 1 saturated carbocycles. The van der Waals surface area contributed by atoms with E-state index < -0.39 is 0 Å². The van der Waals surface area contributed by atoms with E-state index in [2.05, 4.69) is 6.07 Å². The highest BCUT2D eigenvalue weighted by Gasteiger charge is 2.28. The van der Waals surface area contributed by atoms with Gasteiger partial charge >= 0.3 is 0 Å². The lowest BCUT2D eigenvalue weighted by Gasteiger charge is -2.25. The molecule has 1 heterocycles. The first-order valence-electron chi connectivity index (χ1n) is 7.28. The molecule has 1 atom stereocenters. The molecule has 1 aromatic carbocycles. The normalized spacial score (nSPS) is 18.1. The number of fused-ring (bicyclic) bond motifs is 1. The van der Waals surface area contributed by atoms with Crippen LogP contribution in [-0.4, -0.2) is 0 Å². The van der Waals surface area contributed by atoms with Crippen molar-refractivity contribution in [1.29, 1.82) is 5.26 Å². The predicted octanol–water partition coefficient (Wildman–Crippen LogP) is 5.47. The van der Waals surface area contributed by atoms with Crippen LogP contribution in [0.25, 0.3) is 11.0 Å². The first kappa shape index (κ1) is 13.5. The van der Waals surface area contributed by atoms with Gasteiger partial charge in [-0.25, -0.2) is 0 Å². The second-order valence-corrected chi connectivity index (χ2v) is 6.18. The number of furan rings is 1. The van der Waals surface area contributed by atoms with Gasteiger partial charge in [-0.15, -0.1) is 11.6 Å². The number of benzene rings is 1. The van der Waals surface area contributed by atoms with Gasteiger partial charge in [-0.3, -0.25) is 0 Å². The number of halogens is 1. The minimum Gasteiger partial charge on any atom is -0.459 e. The summed E-state index contributed by atoms with van der Waals surface area (Å²) in [6, 6.07) is 7.73. The highest BCUT2D eigenvalue weighted by atomic mass is 35.5. The van der Waals surface area contributed by atoms with E-state index in [1.807, 2.05) is 19.1 Å². The molecule has 2 aromatic rings. The summed E-state index contributed by atoms with van der Waals surface area (Å²) in [5.74, 6) is 1.41. The molecule has 1 unspecified atom stereocenters. The summed E-state index contributed by atoms with van der Waals surface area (Å²) in [6.07, 6.45) is 6.24. The lowest BCUT2D eigenvalue weighted by Crippen LogP contribution is -2.12. The topological polar surface area (TPSA) is 36.9 Å². The molecule has 3 heteroatoms. The number of hydrogen-bond donors (Lipinski definition) is 0. The predicted molar refractivity (Wildman–Crippen MR) is 80.8 cm³/mol. The summed E-state index contributed by atoms with van der Waals surface area (Å²) < 4.78 is 5.97. The smallest absolute Gasteiger partial charge is 0.134 e. The van der Waals surface area contributed by atoms with Crippen LogP contribution in [0.5, 0.6) is 0 Å². The summed E-state index contributed by atoms with van der Waals surface area (Å²) in [5.41, 5.74) is 2.58. The van der Waals surface area contributed by atoms with E-state index in [1.54, 1.807) is 6.07 Å². The van der Waals surface area contributed by atoms with E-state index in [-0.39, 0.29) is 5.38 Å². The van der Waals surface area contributed by atoms with E-state index in [0.29, 0.717) is 11.5 Å². The fraction of sp³-hybridized carbons (Fsp3) is 0.471. The fourth-order valence-corrected chi connectivity index (χ4v) is 3.67. The average Bonchev–Trinajstić information content (AvgIpc) is 2.84. The van der Waals surface area contributed by atoms with Gasteiger partial charge in [0.1, 0.15) is 11.3 Å².